The van der Waals surface area contributed by atoms with Gasteiger partial charge in [0.2, 0.25) is 10.0 Å². The van der Waals surface area contributed by atoms with Crippen LogP contribution in [0.2, 0.25) is 0 Å². The second-order valence-electron chi connectivity index (χ2n) is 4.81. The van der Waals surface area contributed by atoms with Crippen molar-refractivity contribution >= 4 is 10.0 Å². The fraction of sp³-hybridized carbons (Fsp3) is 0.538. The van der Waals surface area contributed by atoms with Gasteiger partial charge in [0.1, 0.15) is 5.75 Å². The summed E-state index contributed by atoms with van der Waals surface area (Å²) < 4.78 is 31.3. The number of nitrogens with one attached hydrogen (secondary N) is 1. The molecule has 0 aliphatic carbocycles. The van der Waals surface area contributed by atoms with Crippen LogP contribution in [0.25, 0.3) is 0 Å². The molecule has 0 aliphatic heterocycles. The van der Waals surface area contributed by atoms with E-state index in [-0.39, 0.29) is 11.4 Å². The summed E-state index contributed by atoms with van der Waals surface area (Å²) in [4.78, 5) is 0.157. The summed E-state index contributed by atoms with van der Waals surface area (Å²) in [5.74, 6) is 0.916. The SMILES string of the molecule is COc1ccc(S(=O)(=O)NCC(O)CC(C)C)cc1. The summed E-state index contributed by atoms with van der Waals surface area (Å²) in [6, 6.07) is 6.10. The molecule has 0 fully saturated rings. The third-order valence-corrected chi connectivity index (χ3v) is 4.06. The number of methoxy groups -OCH3 is 1. The molecule has 0 saturated carbocycles. The van der Waals surface area contributed by atoms with Crippen LogP contribution in [0, 0.1) is 5.92 Å². The van der Waals surface area contributed by atoms with Crippen LogP contribution in [0.5, 0.6) is 5.75 Å². The van der Waals surface area contributed by atoms with Gasteiger partial charge in [-0.1, -0.05) is 13.8 Å². The number of hydrogen-bond acceptors (Lipinski definition) is 4. The van der Waals surface area contributed by atoms with Crippen molar-refractivity contribution in [1.82, 2.24) is 4.72 Å². The van der Waals surface area contributed by atoms with E-state index in [1.54, 1.807) is 12.1 Å². The predicted molar refractivity (Wildman–Crippen MR) is 73.6 cm³/mol. The van der Waals surface area contributed by atoms with Crippen molar-refractivity contribution in [1.29, 1.82) is 0 Å². The molecule has 0 radical (unpaired) electrons. The Kier molecular flexibility index (Phi) is 5.78. The third kappa shape index (κ3) is 5.18. The average molecular weight is 287 g/mol. The van der Waals surface area contributed by atoms with Crippen molar-refractivity contribution in [3.8, 4) is 5.75 Å². The zero-order chi connectivity index (χ0) is 14.5. The van der Waals surface area contributed by atoms with Gasteiger partial charge in [-0.25, -0.2) is 13.1 Å². The predicted octanol–water partition coefficient (Wildman–Crippen LogP) is 1.38. The standard InChI is InChI=1S/C13H21NO4S/c1-10(2)8-11(15)9-14-19(16,17)13-6-4-12(18-3)5-7-13/h4-7,10-11,14-15H,8-9H2,1-3H3. The molecule has 5 nitrogen and oxygen atoms in total. The van der Waals surface area contributed by atoms with Gasteiger partial charge in [0, 0.05) is 6.54 Å². The lowest BCUT2D eigenvalue weighted by Gasteiger charge is -2.14. The third-order valence-electron chi connectivity index (χ3n) is 2.62. The quantitative estimate of drug-likeness (QED) is 0.794. The van der Waals surface area contributed by atoms with Crippen molar-refractivity contribution in [3.05, 3.63) is 24.3 Å². The van der Waals surface area contributed by atoms with E-state index in [0.29, 0.717) is 18.1 Å². The Morgan fingerprint density at radius 1 is 1.26 bits per heavy atom. The zero-order valence-electron chi connectivity index (χ0n) is 11.5. The molecule has 6 heteroatoms. The van der Waals surface area contributed by atoms with Gasteiger partial charge in [0.15, 0.2) is 0 Å². The first-order valence-corrected chi connectivity index (χ1v) is 7.65. The van der Waals surface area contributed by atoms with Gasteiger partial charge in [-0.3, -0.25) is 0 Å². The molecule has 2 N–H and O–H groups in total. The van der Waals surface area contributed by atoms with E-state index in [0.717, 1.165) is 0 Å². The maximum atomic E-state index is 12.0. The van der Waals surface area contributed by atoms with Crippen LogP contribution in [-0.2, 0) is 10.0 Å². The van der Waals surface area contributed by atoms with Gasteiger partial charge in [-0.05, 0) is 36.6 Å². The maximum absolute atomic E-state index is 12.0. The highest BCUT2D eigenvalue weighted by atomic mass is 32.2. The van der Waals surface area contributed by atoms with Gasteiger partial charge in [-0.15, -0.1) is 0 Å². The highest BCUT2D eigenvalue weighted by molar-refractivity contribution is 7.89. The molecule has 19 heavy (non-hydrogen) atoms. The minimum Gasteiger partial charge on any atom is -0.497 e. The molecule has 1 atom stereocenters. The van der Waals surface area contributed by atoms with Gasteiger partial charge in [0.05, 0.1) is 18.1 Å². The van der Waals surface area contributed by atoms with E-state index in [9.17, 15) is 13.5 Å². The smallest absolute Gasteiger partial charge is 0.240 e. The number of rotatable bonds is 7. The number of ether oxygens (including phenoxy) is 1. The van der Waals surface area contributed by atoms with E-state index >= 15 is 0 Å². The molecule has 0 amide bonds. The highest BCUT2D eigenvalue weighted by Gasteiger charge is 2.16. The number of sulfonamides is 1. The minimum absolute atomic E-state index is 0.0204. The lowest BCUT2D eigenvalue weighted by molar-refractivity contribution is 0.152. The molecule has 108 valence electrons. The van der Waals surface area contributed by atoms with Crippen LogP contribution in [0.4, 0.5) is 0 Å². The highest BCUT2D eigenvalue weighted by Crippen LogP contribution is 2.15. The maximum Gasteiger partial charge on any atom is 0.240 e. The van der Waals surface area contributed by atoms with Crippen molar-refractivity contribution in [2.45, 2.75) is 31.3 Å². The van der Waals surface area contributed by atoms with Crippen molar-refractivity contribution in [2.75, 3.05) is 13.7 Å². The number of hydrogen-bond donors (Lipinski definition) is 2. The summed E-state index contributed by atoms with van der Waals surface area (Å²) in [5.41, 5.74) is 0. The van der Waals surface area contributed by atoms with E-state index in [1.165, 1.54) is 19.2 Å². The zero-order valence-corrected chi connectivity index (χ0v) is 12.3. The molecule has 0 heterocycles. The Morgan fingerprint density at radius 2 is 1.84 bits per heavy atom. The Balaban J connectivity index is 2.65. The normalized spacial score (nSPS) is 13.5. The molecular weight excluding hydrogens is 266 g/mol. The number of benzene rings is 1. The van der Waals surface area contributed by atoms with Gasteiger partial charge in [0.25, 0.3) is 0 Å². The van der Waals surface area contributed by atoms with Crippen LogP contribution in [0.1, 0.15) is 20.3 Å². The molecule has 0 aromatic heterocycles. The Bertz CT molecular complexity index is 482. The molecule has 1 aromatic carbocycles. The van der Waals surface area contributed by atoms with E-state index < -0.39 is 16.1 Å². The topological polar surface area (TPSA) is 75.6 Å². The first-order valence-electron chi connectivity index (χ1n) is 6.17. The molecule has 0 spiro atoms. The van der Waals surface area contributed by atoms with Crippen LogP contribution in [0.15, 0.2) is 29.2 Å². The van der Waals surface area contributed by atoms with Crippen LogP contribution < -0.4 is 9.46 Å². The average Bonchev–Trinajstić information content (AvgIpc) is 2.36. The fourth-order valence-corrected chi connectivity index (χ4v) is 2.74. The van der Waals surface area contributed by atoms with Crippen molar-refractivity contribution < 1.29 is 18.3 Å². The number of aliphatic hydroxyl groups is 1. The Hall–Kier alpha value is -1.11. The Morgan fingerprint density at radius 3 is 2.32 bits per heavy atom. The molecular formula is C13H21NO4S. The molecule has 1 rings (SSSR count). The summed E-state index contributed by atoms with van der Waals surface area (Å²) >= 11 is 0. The van der Waals surface area contributed by atoms with E-state index in [4.69, 9.17) is 4.74 Å². The fourth-order valence-electron chi connectivity index (χ4n) is 1.67. The summed E-state index contributed by atoms with van der Waals surface area (Å²) in [5, 5.41) is 9.67. The van der Waals surface area contributed by atoms with Crippen molar-refractivity contribution in [2.24, 2.45) is 5.92 Å². The Labute approximate surface area is 114 Å². The molecule has 0 aliphatic rings. The van der Waals surface area contributed by atoms with Crippen LogP contribution >= 0.6 is 0 Å². The molecule has 0 bridgehead atoms. The minimum atomic E-state index is -3.58. The van der Waals surface area contributed by atoms with Crippen LogP contribution in [0.3, 0.4) is 0 Å². The lowest BCUT2D eigenvalue weighted by atomic mass is 10.1. The second kappa shape index (κ2) is 6.88. The van der Waals surface area contributed by atoms with Crippen LogP contribution in [-0.4, -0.2) is 33.3 Å². The second-order valence-corrected chi connectivity index (χ2v) is 6.58. The van der Waals surface area contributed by atoms with E-state index in [2.05, 4.69) is 4.72 Å². The first kappa shape index (κ1) is 15.9. The number of aliphatic hydroxyl groups excluding tert-OH is 1. The molecule has 1 unspecified atom stereocenters. The largest absolute Gasteiger partial charge is 0.497 e. The lowest BCUT2D eigenvalue weighted by Crippen LogP contribution is -2.32. The van der Waals surface area contributed by atoms with Crippen molar-refractivity contribution in [3.63, 3.8) is 0 Å². The summed E-state index contributed by atoms with van der Waals surface area (Å²) in [6.07, 6.45) is -0.112. The van der Waals surface area contributed by atoms with Gasteiger partial charge >= 0.3 is 0 Å². The molecule has 1 aromatic rings. The summed E-state index contributed by atoms with van der Waals surface area (Å²) in [6.45, 7) is 3.97. The van der Waals surface area contributed by atoms with Gasteiger partial charge in [-0.2, -0.15) is 0 Å². The monoisotopic (exact) mass is 287 g/mol. The van der Waals surface area contributed by atoms with Gasteiger partial charge < -0.3 is 9.84 Å². The molecule has 0 saturated heterocycles. The summed E-state index contributed by atoms with van der Waals surface area (Å²) in [7, 11) is -2.06. The first-order chi connectivity index (χ1) is 8.85. The van der Waals surface area contributed by atoms with E-state index in [1.807, 2.05) is 13.8 Å².